The van der Waals surface area contributed by atoms with Crippen LogP contribution in [0.15, 0.2) is 48.5 Å². The van der Waals surface area contributed by atoms with E-state index in [0.29, 0.717) is 0 Å². The molecule has 2 amide bonds. The second-order valence-corrected chi connectivity index (χ2v) is 5.03. The molecule has 4 nitrogen and oxygen atoms in total. The molecule has 0 saturated carbocycles. The van der Waals surface area contributed by atoms with Crippen LogP contribution < -0.4 is 16.0 Å². The van der Waals surface area contributed by atoms with E-state index in [1.54, 1.807) is 0 Å². The number of fused-ring (bicyclic) bond motifs is 1. The number of hydrogen-bond acceptors (Lipinski definition) is 2. The number of rotatable bonds is 2. The predicted molar refractivity (Wildman–Crippen MR) is 85.5 cm³/mol. The Balaban J connectivity index is 1.68. The van der Waals surface area contributed by atoms with Gasteiger partial charge in [-0.3, -0.25) is 0 Å². The van der Waals surface area contributed by atoms with Crippen LogP contribution in [0.1, 0.15) is 5.56 Å². The average molecular weight is 283 g/mol. The monoisotopic (exact) mass is 283 g/mol. The van der Waals surface area contributed by atoms with Crippen molar-refractivity contribution in [1.82, 2.24) is 0 Å². The summed E-state index contributed by atoms with van der Waals surface area (Å²) < 4.78 is 0. The zero-order chi connectivity index (χ0) is 13.9. The summed E-state index contributed by atoms with van der Waals surface area (Å²) in [5.74, 6) is 0. The number of hydrogen-bond donors (Lipinski definition) is 3. The van der Waals surface area contributed by atoms with Gasteiger partial charge in [0, 0.05) is 23.5 Å². The van der Waals surface area contributed by atoms with Gasteiger partial charge in [0.1, 0.15) is 0 Å². The molecule has 100 valence electrons. The highest BCUT2D eigenvalue weighted by Gasteiger charge is 2.15. The van der Waals surface area contributed by atoms with Crippen LogP contribution in [-0.4, -0.2) is 11.0 Å². The van der Waals surface area contributed by atoms with E-state index in [-0.39, 0.29) is 6.03 Å². The highest BCUT2D eigenvalue weighted by molar-refractivity contribution is 7.80. The SMILES string of the molecule is O=C(Nc1ccccc1)Nc1ccc2c(c1)NC(=S)C2. The van der Waals surface area contributed by atoms with Crippen molar-refractivity contribution in [2.45, 2.75) is 6.42 Å². The molecule has 1 heterocycles. The number of thiocarbonyl (C=S) groups is 1. The Kier molecular flexibility index (Phi) is 3.35. The largest absolute Gasteiger partial charge is 0.349 e. The van der Waals surface area contributed by atoms with Crippen LogP contribution in [0.25, 0.3) is 0 Å². The number of amides is 2. The molecule has 0 fully saturated rings. The zero-order valence-electron chi connectivity index (χ0n) is 10.6. The van der Waals surface area contributed by atoms with Gasteiger partial charge in [-0.1, -0.05) is 36.5 Å². The summed E-state index contributed by atoms with van der Waals surface area (Å²) in [6, 6.07) is 14.8. The summed E-state index contributed by atoms with van der Waals surface area (Å²) in [6.45, 7) is 0. The summed E-state index contributed by atoms with van der Waals surface area (Å²) >= 11 is 5.13. The molecule has 1 aliphatic heterocycles. The van der Waals surface area contributed by atoms with E-state index in [1.165, 1.54) is 0 Å². The number of benzene rings is 2. The lowest BCUT2D eigenvalue weighted by atomic mass is 10.1. The zero-order valence-corrected chi connectivity index (χ0v) is 11.5. The van der Waals surface area contributed by atoms with Gasteiger partial charge in [0.2, 0.25) is 0 Å². The van der Waals surface area contributed by atoms with E-state index in [4.69, 9.17) is 12.2 Å². The molecule has 3 N–H and O–H groups in total. The minimum Gasteiger partial charge on any atom is -0.349 e. The van der Waals surface area contributed by atoms with E-state index in [9.17, 15) is 4.79 Å². The fourth-order valence-electron chi connectivity index (χ4n) is 2.11. The summed E-state index contributed by atoms with van der Waals surface area (Å²) in [5, 5.41) is 8.69. The second kappa shape index (κ2) is 5.30. The van der Waals surface area contributed by atoms with Gasteiger partial charge in [-0.2, -0.15) is 0 Å². The third-order valence-corrected chi connectivity index (χ3v) is 3.27. The van der Waals surface area contributed by atoms with E-state index in [2.05, 4.69) is 16.0 Å². The summed E-state index contributed by atoms with van der Waals surface area (Å²) in [7, 11) is 0. The lowest BCUT2D eigenvalue weighted by molar-refractivity contribution is 0.262. The third-order valence-electron chi connectivity index (χ3n) is 3.02. The van der Waals surface area contributed by atoms with Crippen LogP contribution in [0.3, 0.4) is 0 Å². The Morgan fingerprint density at radius 1 is 1.05 bits per heavy atom. The van der Waals surface area contributed by atoms with Gasteiger partial charge in [0.05, 0.1) is 4.99 Å². The Morgan fingerprint density at radius 2 is 1.80 bits per heavy atom. The van der Waals surface area contributed by atoms with Crippen molar-refractivity contribution in [2.75, 3.05) is 16.0 Å². The molecule has 2 aromatic carbocycles. The van der Waals surface area contributed by atoms with Crippen molar-refractivity contribution in [3.8, 4) is 0 Å². The quantitative estimate of drug-likeness (QED) is 0.738. The molecule has 0 aliphatic carbocycles. The van der Waals surface area contributed by atoms with Crippen molar-refractivity contribution in [3.63, 3.8) is 0 Å². The van der Waals surface area contributed by atoms with Gasteiger partial charge in [-0.15, -0.1) is 0 Å². The Morgan fingerprint density at radius 3 is 2.60 bits per heavy atom. The maximum atomic E-state index is 11.9. The molecule has 1 aliphatic rings. The first kappa shape index (κ1) is 12.6. The number of carbonyl (C=O) groups excluding carboxylic acids is 1. The number of carbonyl (C=O) groups is 1. The molecular weight excluding hydrogens is 270 g/mol. The Bertz CT molecular complexity index is 670. The lowest BCUT2D eigenvalue weighted by Gasteiger charge is -2.09. The predicted octanol–water partition coefficient (Wildman–Crippen LogP) is 3.63. The maximum Gasteiger partial charge on any atom is 0.323 e. The second-order valence-electron chi connectivity index (χ2n) is 4.54. The third kappa shape index (κ3) is 2.78. The summed E-state index contributed by atoms with van der Waals surface area (Å²) in [6.07, 6.45) is 0.765. The van der Waals surface area contributed by atoms with Crippen LogP contribution in [0.4, 0.5) is 21.9 Å². The van der Waals surface area contributed by atoms with Crippen LogP contribution in [0.2, 0.25) is 0 Å². The molecule has 2 aromatic rings. The Hall–Kier alpha value is -2.40. The van der Waals surface area contributed by atoms with Crippen LogP contribution in [0, 0.1) is 0 Å². The first-order chi connectivity index (χ1) is 9.70. The molecule has 0 unspecified atom stereocenters. The molecule has 0 aromatic heterocycles. The van der Waals surface area contributed by atoms with Crippen LogP contribution >= 0.6 is 12.2 Å². The topological polar surface area (TPSA) is 53.2 Å². The van der Waals surface area contributed by atoms with E-state index < -0.39 is 0 Å². The van der Waals surface area contributed by atoms with Crippen molar-refractivity contribution in [2.24, 2.45) is 0 Å². The van der Waals surface area contributed by atoms with Crippen molar-refractivity contribution >= 4 is 40.3 Å². The smallest absolute Gasteiger partial charge is 0.323 e. The van der Waals surface area contributed by atoms with E-state index >= 15 is 0 Å². The molecule has 0 saturated heterocycles. The fraction of sp³-hybridized carbons (Fsp3) is 0.0667. The lowest BCUT2D eigenvalue weighted by Crippen LogP contribution is -2.19. The Labute approximate surface area is 122 Å². The van der Waals surface area contributed by atoms with Crippen molar-refractivity contribution in [3.05, 3.63) is 54.1 Å². The van der Waals surface area contributed by atoms with Gasteiger partial charge >= 0.3 is 6.03 Å². The minimum atomic E-state index is -0.267. The van der Waals surface area contributed by atoms with Gasteiger partial charge in [-0.25, -0.2) is 4.79 Å². The minimum absolute atomic E-state index is 0.267. The number of urea groups is 1. The normalized spacial score (nSPS) is 12.5. The molecule has 0 atom stereocenters. The van der Waals surface area contributed by atoms with Gasteiger partial charge in [0.15, 0.2) is 0 Å². The molecule has 5 heteroatoms. The molecule has 0 radical (unpaired) electrons. The maximum absolute atomic E-state index is 11.9. The number of nitrogens with one attached hydrogen (secondary N) is 3. The van der Waals surface area contributed by atoms with E-state index in [0.717, 1.165) is 34.0 Å². The van der Waals surface area contributed by atoms with E-state index in [1.807, 2.05) is 48.5 Å². The molecular formula is C15H13N3OS. The summed E-state index contributed by atoms with van der Waals surface area (Å²) in [5.41, 5.74) is 3.61. The molecule has 0 spiro atoms. The number of para-hydroxylation sites is 1. The molecule has 0 bridgehead atoms. The van der Waals surface area contributed by atoms with Gasteiger partial charge in [0.25, 0.3) is 0 Å². The first-order valence-corrected chi connectivity index (χ1v) is 6.67. The highest BCUT2D eigenvalue weighted by Crippen LogP contribution is 2.26. The van der Waals surface area contributed by atoms with Gasteiger partial charge < -0.3 is 16.0 Å². The first-order valence-electron chi connectivity index (χ1n) is 6.26. The molecule has 20 heavy (non-hydrogen) atoms. The van der Waals surface area contributed by atoms with Crippen LogP contribution in [-0.2, 0) is 6.42 Å². The highest BCUT2D eigenvalue weighted by atomic mass is 32.1. The van der Waals surface area contributed by atoms with Crippen molar-refractivity contribution < 1.29 is 4.79 Å². The number of anilines is 3. The van der Waals surface area contributed by atoms with Crippen molar-refractivity contribution in [1.29, 1.82) is 0 Å². The summed E-state index contributed by atoms with van der Waals surface area (Å²) in [4.78, 5) is 12.7. The van der Waals surface area contributed by atoms with Crippen LogP contribution in [0.5, 0.6) is 0 Å². The van der Waals surface area contributed by atoms with Gasteiger partial charge in [-0.05, 0) is 29.8 Å². The standard InChI is InChI=1S/C15H13N3OS/c19-15(16-11-4-2-1-3-5-11)17-12-7-6-10-8-14(20)18-13(10)9-12/h1-7,9H,8H2,(H,18,20)(H2,16,17,19). The average Bonchev–Trinajstić information content (AvgIpc) is 2.79. The fourth-order valence-corrected chi connectivity index (χ4v) is 2.37. The molecule has 3 rings (SSSR count).